The van der Waals surface area contributed by atoms with E-state index in [1.807, 2.05) is 32.0 Å². The smallest absolute Gasteiger partial charge is 0.305 e. The largest absolute Gasteiger partial charge is 0.483 e. The molecule has 2 rings (SSSR count). The Morgan fingerprint density at radius 1 is 1.38 bits per heavy atom. The molecule has 1 aromatic carbocycles. The van der Waals surface area contributed by atoms with Gasteiger partial charge in [0.25, 0.3) is 5.91 Å². The van der Waals surface area contributed by atoms with E-state index in [9.17, 15) is 9.59 Å². The predicted molar refractivity (Wildman–Crippen MR) is 78.4 cm³/mol. The number of aryl methyl sites for hydroxylation is 1. The Bertz CT molecular complexity index is 541. The summed E-state index contributed by atoms with van der Waals surface area (Å²) in [5, 5.41) is 8.88. The minimum Gasteiger partial charge on any atom is -0.483 e. The first-order valence-corrected chi connectivity index (χ1v) is 7.19. The normalized spacial score (nSPS) is 17.8. The minimum absolute atomic E-state index is 0.00914. The first-order chi connectivity index (χ1) is 9.99. The number of nitrogens with zero attached hydrogens (tertiary/aromatic N) is 1. The number of ether oxygens (including phenoxy) is 1. The van der Waals surface area contributed by atoms with Crippen molar-refractivity contribution in [1.82, 2.24) is 4.90 Å². The lowest BCUT2D eigenvalue weighted by Crippen LogP contribution is -2.39. The molecule has 1 unspecified atom stereocenters. The number of carbonyl (C=O) groups excluding carboxylic acids is 1. The number of carboxylic acid groups (broad SMARTS) is 1. The fourth-order valence-corrected chi connectivity index (χ4v) is 2.68. The highest BCUT2D eigenvalue weighted by atomic mass is 16.5. The van der Waals surface area contributed by atoms with E-state index in [1.165, 1.54) is 0 Å². The highest BCUT2D eigenvalue weighted by molar-refractivity contribution is 5.79. The highest BCUT2D eigenvalue weighted by Gasteiger charge is 2.30. The molecule has 5 heteroatoms. The zero-order chi connectivity index (χ0) is 15.4. The summed E-state index contributed by atoms with van der Waals surface area (Å²) in [6.07, 6.45) is 1.61. The molecule has 1 saturated heterocycles. The monoisotopic (exact) mass is 291 g/mol. The van der Waals surface area contributed by atoms with Gasteiger partial charge in [-0.15, -0.1) is 0 Å². The van der Waals surface area contributed by atoms with E-state index < -0.39 is 5.97 Å². The highest BCUT2D eigenvalue weighted by Crippen LogP contribution is 2.23. The lowest BCUT2D eigenvalue weighted by Gasteiger charge is -2.23. The number of carbonyl (C=O) groups is 2. The van der Waals surface area contributed by atoms with Crippen LogP contribution < -0.4 is 4.74 Å². The van der Waals surface area contributed by atoms with Gasteiger partial charge in [0.15, 0.2) is 6.61 Å². The molecular weight excluding hydrogens is 270 g/mol. The summed E-state index contributed by atoms with van der Waals surface area (Å²) in [4.78, 5) is 24.7. The molecule has 0 aromatic heterocycles. The lowest BCUT2D eigenvalue weighted by atomic mass is 10.1. The molecule has 1 heterocycles. The van der Waals surface area contributed by atoms with Crippen molar-refractivity contribution >= 4 is 11.9 Å². The third kappa shape index (κ3) is 3.74. The molecule has 0 radical (unpaired) electrons. The fraction of sp³-hybridized carbons (Fsp3) is 0.500. The molecule has 1 atom stereocenters. The van der Waals surface area contributed by atoms with Crippen LogP contribution in [0.15, 0.2) is 18.2 Å². The van der Waals surface area contributed by atoms with Crippen LogP contribution >= 0.6 is 0 Å². The second-order valence-electron chi connectivity index (χ2n) is 5.47. The van der Waals surface area contributed by atoms with Crippen LogP contribution in [0, 0.1) is 13.8 Å². The number of carboxylic acids is 1. The molecule has 5 nitrogen and oxygen atoms in total. The molecule has 0 bridgehead atoms. The molecule has 1 fully saturated rings. The zero-order valence-corrected chi connectivity index (χ0v) is 12.5. The maximum atomic E-state index is 12.2. The van der Waals surface area contributed by atoms with Crippen LogP contribution in [0.3, 0.4) is 0 Å². The van der Waals surface area contributed by atoms with E-state index in [4.69, 9.17) is 9.84 Å². The summed E-state index contributed by atoms with van der Waals surface area (Å²) < 4.78 is 5.61. The zero-order valence-electron chi connectivity index (χ0n) is 12.5. The molecule has 114 valence electrons. The quantitative estimate of drug-likeness (QED) is 0.902. The summed E-state index contributed by atoms with van der Waals surface area (Å²) in [7, 11) is 0. The van der Waals surface area contributed by atoms with E-state index in [0.717, 1.165) is 24.0 Å². The van der Waals surface area contributed by atoms with Gasteiger partial charge in [-0.25, -0.2) is 0 Å². The van der Waals surface area contributed by atoms with Crippen molar-refractivity contribution in [2.45, 2.75) is 39.2 Å². The van der Waals surface area contributed by atoms with Gasteiger partial charge in [0, 0.05) is 12.6 Å². The molecule has 0 aliphatic carbocycles. The fourth-order valence-electron chi connectivity index (χ4n) is 2.68. The van der Waals surface area contributed by atoms with E-state index in [-0.39, 0.29) is 25.0 Å². The average Bonchev–Trinajstić information content (AvgIpc) is 2.87. The summed E-state index contributed by atoms with van der Waals surface area (Å²) >= 11 is 0. The van der Waals surface area contributed by atoms with Crippen LogP contribution in [0.4, 0.5) is 0 Å². The first-order valence-electron chi connectivity index (χ1n) is 7.19. The molecule has 0 saturated carbocycles. The summed E-state index contributed by atoms with van der Waals surface area (Å²) in [6, 6.07) is 5.53. The van der Waals surface area contributed by atoms with Gasteiger partial charge < -0.3 is 14.7 Å². The van der Waals surface area contributed by atoms with Crippen molar-refractivity contribution in [3.63, 3.8) is 0 Å². The van der Waals surface area contributed by atoms with Crippen LogP contribution in [0.1, 0.15) is 30.4 Å². The van der Waals surface area contributed by atoms with Gasteiger partial charge in [-0.3, -0.25) is 9.59 Å². The van der Waals surface area contributed by atoms with Gasteiger partial charge in [0.1, 0.15) is 5.75 Å². The average molecular weight is 291 g/mol. The molecule has 1 aliphatic heterocycles. The van der Waals surface area contributed by atoms with Gasteiger partial charge in [-0.2, -0.15) is 0 Å². The van der Waals surface area contributed by atoms with Crippen LogP contribution in [0.5, 0.6) is 5.75 Å². The Hall–Kier alpha value is -2.04. The Balaban J connectivity index is 1.95. The predicted octanol–water partition coefficient (Wildman–Crippen LogP) is 2.15. The SMILES string of the molecule is Cc1cccc(OCC(=O)N2CCCC2CC(=O)O)c1C. The molecule has 1 amide bonds. The lowest BCUT2D eigenvalue weighted by molar-refractivity contribution is -0.140. The summed E-state index contributed by atoms with van der Waals surface area (Å²) in [5.41, 5.74) is 2.14. The minimum atomic E-state index is -0.866. The molecular formula is C16H21NO4. The molecule has 0 spiro atoms. The Morgan fingerprint density at radius 2 is 2.14 bits per heavy atom. The standard InChI is InChI=1S/C16H21NO4/c1-11-5-3-7-14(12(11)2)21-10-15(18)17-8-4-6-13(17)9-16(19)20/h3,5,7,13H,4,6,8-10H2,1-2H3,(H,19,20). The van der Waals surface area contributed by atoms with E-state index >= 15 is 0 Å². The van der Waals surface area contributed by atoms with E-state index in [2.05, 4.69) is 0 Å². The summed E-state index contributed by atoms with van der Waals surface area (Å²) in [6.45, 7) is 4.53. The van der Waals surface area contributed by atoms with Gasteiger partial charge in [0.05, 0.1) is 6.42 Å². The third-order valence-electron chi connectivity index (χ3n) is 4.01. The first kappa shape index (κ1) is 15.4. The number of likely N-dealkylation sites (tertiary alicyclic amines) is 1. The molecule has 1 aliphatic rings. The number of hydrogen-bond donors (Lipinski definition) is 1. The maximum absolute atomic E-state index is 12.2. The van der Waals surface area contributed by atoms with Gasteiger partial charge >= 0.3 is 5.97 Å². The van der Waals surface area contributed by atoms with Gasteiger partial charge in [-0.1, -0.05) is 12.1 Å². The second-order valence-corrected chi connectivity index (χ2v) is 5.47. The maximum Gasteiger partial charge on any atom is 0.305 e. The number of amides is 1. The van der Waals surface area contributed by atoms with Crippen LogP contribution in [0.25, 0.3) is 0 Å². The van der Waals surface area contributed by atoms with Crippen LogP contribution in [-0.2, 0) is 9.59 Å². The number of aliphatic carboxylic acids is 1. The Labute approximate surface area is 124 Å². The topological polar surface area (TPSA) is 66.8 Å². The van der Waals surface area contributed by atoms with Gasteiger partial charge in [0.2, 0.25) is 0 Å². The number of hydrogen-bond acceptors (Lipinski definition) is 3. The van der Waals surface area contributed by atoms with Gasteiger partial charge in [-0.05, 0) is 43.9 Å². The molecule has 21 heavy (non-hydrogen) atoms. The van der Waals surface area contributed by atoms with Crippen molar-refractivity contribution in [1.29, 1.82) is 0 Å². The van der Waals surface area contributed by atoms with E-state index in [0.29, 0.717) is 12.3 Å². The number of rotatable bonds is 5. The molecule has 1 aromatic rings. The van der Waals surface area contributed by atoms with Crippen molar-refractivity contribution in [2.24, 2.45) is 0 Å². The molecule has 1 N–H and O–H groups in total. The Kier molecular flexibility index (Phi) is 4.83. The van der Waals surface area contributed by atoms with Crippen LogP contribution in [0.2, 0.25) is 0 Å². The van der Waals surface area contributed by atoms with Crippen molar-refractivity contribution < 1.29 is 19.4 Å². The van der Waals surface area contributed by atoms with Crippen LogP contribution in [-0.4, -0.2) is 41.1 Å². The van der Waals surface area contributed by atoms with Crippen molar-refractivity contribution in [2.75, 3.05) is 13.2 Å². The Morgan fingerprint density at radius 3 is 2.86 bits per heavy atom. The third-order valence-corrected chi connectivity index (χ3v) is 4.01. The number of benzene rings is 1. The van der Waals surface area contributed by atoms with E-state index in [1.54, 1.807) is 4.90 Å². The second kappa shape index (κ2) is 6.61. The summed E-state index contributed by atoms with van der Waals surface area (Å²) in [5.74, 6) is -0.299. The van der Waals surface area contributed by atoms with Crippen molar-refractivity contribution in [3.05, 3.63) is 29.3 Å². The van der Waals surface area contributed by atoms with Crippen molar-refractivity contribution in [3.8, 4) is 5.75 Å².